The van der Waals surface area contributed by atoms with Gasteiger partial charge in [-0.05, 0) is 33.8 Å². The van der Waals surface area contributed by atoms with Gasteiger partial charge < -0.3 is 0 Å². The lowest BCUT2D eigenvalue weighted by Gasteiger charge is -2.20. The van der Waals surface area contributed by atoms with E-state index in [0.29, 0.717) is 0 Å². The van der Waals surface area contributed by atoms with Crippen LogP contribution in [0.1, 0.15) is 32.0 Å². The second-order valence-corrected chi connectivity index (χ2v) is 4.70. The third kappa shape index (κ3) is 1.83. The molecule has 0 spiro atoms. The minimum absolute atomic E-state index is 0.125. The summed E-state index contributed by atoms with van der Waals surface area (Å²) in [4.78, 5) is 0. The van der Waals surface area contributed by atoms with Crippen molar-refractivity contribution in [1.29, 1.82) is 0 Å². The predicted octanol–water partition coefficient (Wildman–Crippen LogP) is 2.85. The largest absolute Gasteiger partial charge is 0.159 e. The smallest absolute Gasteiger partial charge is 0.0744 e. The Bertz CT molecular complexity index is 289. The molecule has 1 aromatic rings. The van der Waals surface area contributed by atoms with Gasteiger partial charge in [-0.2, -0.15) is 10.2 Å². The van der Waals surface area contributed by atoms with Crippen molar-refractivity contribution in [3.8, 4) is 0 Å². The number of rotatable bonds is 0. The number of halogens is 1. The quantitative estimate of drug-likeness (QED) is 0.683. The molecule has 1 heterocycles. The predicted molar refractivity (Wildman–Crippen MR) is 53.2 cm³/mol. The van der Waals surface area contributed by atoms with Crippen molar-refractivity contribution in [2.75, 3.05) is 0 Å². The summed E-state index contributed by atoms with van der Waals surface area (Å²) in [6.07, 6.45) is 1.82. The zero-order valence-corrected chi connectivity index (χ0v) is 9.44. The maximum atomic E-state index is 3.96. The molecular formula is C9H13BrN2. The molecule has 0 N–H and O–H groups in total. The van der Waals surface area contributed by atoms with Gasteiger partial charge in [0.25, 0.3) is 0 Å². The fourth-order valence-electron chi connectivity index (χ4n) is 0.992. The van der Waals surface area contributed by atoms with E-state index < -0.39 is 0 Å². The molecule has 0 bridgehead atoms. The minimum Gasteiger partial charge on any atom is -0.159 e. The van der Waals surface area contributed by atoms with Gasteiger partial charge in [0.1, 0.15) is 0 Å². The lowest BCUT2D eigenvalue weighted by Crippen LogP contribution is -2.13. The van der Waals surface area contributed by atoms with Crippen molar-refractivity contribution in [2.24, 2.45) is 0 Å². The lowest BCUT2D eigenvalue weighted by molar-refractivity contribution is 0.579. The van der Waals surface area contributed by atoms with Crippen molar-refractivity contribution in [3.05, 3.63) is 21.9 Å². The average molecular weight is 229 g/mol. The summed E-state index contributed by atoms with van der Waals surface area (Å²) in [5.74, 6) is 0. The molecule has 2 nitrogen and oxygen atoms in total. The summed E-state index contributed by atoms with van der Waals surface area (Å²) < 4.78 is 1.07. The maximum absolute atomic E-state index is 3.96. The third-order valence-electron chi connectivity index (χ3n) is 1.76. The number of hydrogen-bond acceptors (Lipinski definition) is 2. The second-order valence-electron chi connectivity index (χ2n) is 3.91. The van der Waals surface area contributed by atoms with Crippen molar-refractivity contribution >= 4 is 15.9 Å². The summed E-state index contributed by atoms with van der Waals surface area (Å²) in [6, 6.07) is 0. The van der Waals surface area contributed by atoms with Crippen LogP contribution in [0.25, 0.3) is 0 Å². The van der Waals surface area contributed by atoms with Crippen LogP contribution in [0.2, 0.25) is 0 Å². The van der Waals surface area contributed by atoms with Gasteiger partial charge in [-0.25, -0.2) is 0 Å². The van der Waals surface area contributed by atoms with Gasteiger partial charge in [0.2, 0.25) is 0 Å². The molecule has 0 aliphatic carbocycles. The summed E-state index contributed by atoms with van der Waals surface area (Å²) >= 11 is 3.51. The van der Waals surface area contributed by atoms with E-state index in [4.69, 9.17) is 0 Å². The molecule has 0 amide bonds. The van der Waals surface area contributed by atoms with Crippen molar-refractivity contribution in [1.82, 2.24) is 10.2 Å². The van der Waals surface area contributed by atoms with Gasteiger partial charge in [-0.3, -0.25) is 0 Å². The Morgan fingerprint density at radius 1 is 1.33 bits per heavy atom. The standard InChI is InChI=1S/C9H13BrN2/c1-6-8(10)7(5-11-12-6)9(2,3)4/h5H,1-4H3. The Morgan fingerprint density at radius 2 is 1.92 bits per heavy atom. The Hall–Kier alpha value is -0.440. The average Bonchev–Trinajstić information content (AvgIpc) is 1.92. The number of hydrogen-bond donors (Lipinski definition) is 0. The van der Waals surface area contributed by atoms with Gasteiger partial charge in [0.15, 0.2) is 0 Å². The zero-order chi connectivity index (χ0) is 9.35. The van der Waals surface area contributed by atoms with E-state index in [1.54, 1.807) is 0 Å². The number of nitrogens with zero attached hydrogens (tertiary/aromatic N) is 2. The van der Waals surface area contributed by atoms with Crippen LogP contribution in [0, 0.1) is 6.92 Å². The topological polar surface area (TPSA) is 25.8 Å². The molecule has 0 saturated heterocycles. The minimum atomic E-state index is 0.125. The molecule has 0 unspecified atom stereocenters. The molecule has 0 atom stereocenters. The van der Waals surface area contributed by atoms with E-state index in [1.165, 1.54) is 5.56 Å². The first-order chi connectivity index (χ1) is 5.43. The summed E-state index contributed by atoms with van der Waals surface area (Å²) in [7, 11) is 0. The molecule has 0 aliphatic heterocycles. The number of aryl methyl sites for hydroxylation is 1. The molecule has 0 aliphatic rings. The Kier molecular flexibility index (Phi) is 2.52. The van der Waals surface area contributed by atoms with Crippen LogP contribution in [0.5, 0.6) is 0 Å². The zero-order valence-electron chi connectivity index (χ0n) is 7.85. The third-order valence-corrected chi connectivity index (χ3v) is 2.76. The molecule has 1 rings (SSSR count). The van der Waals surface area contributed by atoms with Gasteiger partial charge in [0, 0.05) is 4.47 Å². The van der Waals surface area contributed by atoms with Gasteiger partial charge in [-0.1, -0.05) is 20.8 Å². The first kappa shape index (κ1) is 9.65. The Morgan fingerprint density at radius 3 is 2.33 bits per heavy atom. The summed E-state index contributed by atoms with van der Waals surface area (Å²) in [5, 5.41) is 7.89. The van der Waals surface area contributed by atoms with Crippen LogP contribution >= 0.6 is 15.9 Å². The van der Waals surface area contributed by atoms with Crippen LogP contribution in [-0.2, 0) is 5.41 Å². The van der Waals surface area contributed by atoms with Crippen LogP contribution in [-0.4, -0.2) is 10.2 Å². The Balaban J connectivity index is 3.26. The van der Waals surface area contributed by atoms with Gasteiger partial charge >= 0.3 is 0 Å². The molecule has 1 aromatic heterocycles. The van der Waals surface area contributed by atoms with Gasteiger partial charge in [0.05, 0.1) is 11.9 Å². The van der Waals surface area contributed by atoms with Crippen molar-refractivity contribution in [3.63, 3.8) is 0 Å². The molecule has 0 radical (unpaired) electrons. The summed E-state index contributed by atoms with van der Waals surface area (Å²) in [6.45, 7) is 8.43. The molecule has 3 heteroatoms. The molecular weight excluding hydrogens is 216 g/mol. The summed E-state index contributed by atoms with van der Waals surface area (Å²) in [5.41, 5.74) is 2.27. The van der Waals surface area contributed by atoms with E-state index in [9.17, 15) is 0 Å². The molecule has 12 heavy (non-hydrogen) atoms. The van der Waals surface area contributed by atoms with Crippen LogP contribution in [0.4, 0.5) is 0 Å². The first-order valence-electron chi connectivity index (χ1n) is 3.91. The van der Waals surface area contributed by atoms with E-state index in [2.05, 4.69) is 46.9 Å². The van der Waals surface area contributed by atoms with Crippen molar-refractivity contribution in [2.45, 2.75) is 33.1 Å². The monoisotopic (exact) mass is 228 g/mol. The molecule has 66 valence electrons. The van der Waals surface area contributed by atoms with Crippen molar-refractivity contribution < 1.29 is 0 Å². The van der Waals surface area contributed by atoms with E-state index in [0.717, 1.165) is 10.2 Å². The van der Waals surface area contributed by atoms with Gasteiger partial charge in [-0.15, -0.1) is 0 Å². The highest BCUT2D eigenvalue weighted by Crippen LogP contribution is 2.29. The highest BCUT2D eigenvalue weighted by Gasteiger charge is 2.18. The molecule has 0 fully saturated rings. The lowest BCUT2D eigenvalue weighted by atomic mass is 9.88. The van der Waals surface area contributed by atoms with Crippen LogP contribution < -0.4 is 0 Å². The number of aromatic nitrogens is 2. The highest BCUT2D eigenvalue weighted by molar-refractivity contribution is 9.10. The SMILES string of the molecule is Cc1nncc(C(C)(C)C)c1Br. The van der Waals surface area contributed by atoms with E-state index in [-0.39, 0.29) is 5.41 Å². The molecule has 0 saturated carbocycles. The Labute approximate surface area is 81.5 Å². The normalized spacial score (nSPS) is 11.8. The highest BCUT2D eigenvalue weighted by atomic mass is 79.9. The first-order valence-corrected chi connectivity index (χ1v) is 4.70. The van der Waals surface area contributed by atoms with E-state index >= 15 is 0 Å². The fourth-order valence-corrected chi connectivity index (χ4v) is 1.77. The van der Waals surface area contributed by atoms with Crippen LogP contribution in [0.15, 0.2) is 10.7 Å². The second kappa shape index (κ2) is 3.13. The molecule has 0 aromatic carbocycles. The maximum Gasteiger partial charge on any atom is 0.0744 e. The van der Waals surface area contributed by atoms with Crippen LogP contribution in [0.3, 0.4) is 0 Å². The van der Waals surface area contributed by atoms with E-state index in [1.807, 2.05) is 13.1 Å². The fraction of sp³-hybridized carbons (Fsp3) is 0.556.